The highest BCUT2D eigenvalue weighted by Crippen LogP contribution is 2.10. The molecule has 0 fully saturated rings. The molecule has 0 saturated heterocycles. The lowest BCUT2D eigenvalue weighted by Gasteiger charge is -2.18. The van der Waals surface area contributed by atoms with E-state index in [4.69, 9.17) is 0 Å². The Bertz CT molecular complexity index is 69.4. The van der Waals surface area contributed by atoms with Gasteiger partial charge < -0.3 is 4.90 Å². The van der Waals surface area contributed by atoms with Gasteiger partial charge in [0, 0.05) is 6.54 Å². The molecule has 0 N–H and O–H groups in total. The number of hydrogen-bond donors (Lipinski definition) is 0. The molecule has 0 aliphatic carbocycles. The molecule has 0 bridgehead atoms. The highest BCUT2D eigenvalue weighted by molar-refractivity contribution is 4.58. The highest BCUT2D eigenvalue weighted by Gasteiger charge is 2.04. The van der Waals surface area contributed by atoms with Crippen LogP contribution in [-0.4, -0.2) is 25.5 Å². The third-order valence-electron chi connectivity index (χ3n) is 1.90. The molecule has 0 aromatic rings. The summed E-state index contributed by atoms with van der Waals surface area (Å²) in [6.07, 6.45) is 4.03. The maximum atomic E-state index is 2.28. The summed E-state index contributed by atoms with van der Waals surface area (Å²) in [6, 6.07) is 0. The Balaban J connectivity index is 0. The molecule has 0 saturated carbocycles. The Labute approximate surface area is 79.2 Å². The van der Waals surface area contributed by atoms with Crippen molar-refractivity contribution < 1.29 is 0 Å². The summed E-state index contributed by atoms with van der Waals surface area (Å²) in [7, 11) is 4.30. The van der Waals surface area contributed by atoms with Gasteiger partial charge in [-0.15, -0.1) is 0 Å². The Morgan fingerprint density at radius 3 is 1.83 bits per heavy atom. The Kier molecular flexibility index (Phi) is 13.2. The van der Waals surface area contributed by atoms with Crippen LogP contribution in [-0.2, 0) is 0 Å². The Morgan fingerprint density at radius 2 is 1.58 bits per heavy atom. The first-order valence-electron chi connectivity index (χ1n) is 5.35. The fourth-order valence-corrected chi connectivity index (χ4v) is 1.35. The van der Waals surface area contributed by atoms with Crippen molar-refractivity contribution in [1.29, 1.82) is 0 Å². The van der Waals surface area contributed by atoms with Crippen LogP contribution in [0.3, 0.4) is 0 Å². The average molecular weight is 173 g/mol. The minimum absolute atomic E-state index is 0.917. The fourth-order valence-electron chi connectivity index (χ4n) is 1.35. The SMILES string of the molecule is CC.CCCC(CC)CN(C)C. The van der Waals surface area contributed by atoms with Crippen molar-refractivity contribution in [2.75, 3.05) is 20.6 Å². The van der Waals surface area contributed by atoms with E-state index in [2.05, 4.69) is 32.8 Å². The van der Waals surface area contributed by atoms with Crippen molar-refractivity contribution in [2.45, 2.75) is 47.0 Å². The van der Waals surface area contributed by atoms with E-state index in [9.17, 15) is 0 Å². The number of nitrogens with zero attached hydrogens (tertiary/aromatic N) is 1. The molecule has 0 aromatic heterocycles. The van der Waals surface area contributed by atoms with Gasteiger partial charge in [-0.3, -0.25) is 0 Å². The van der Waals surface area contributed by atoms with Crippen LogP contribution in [0, 0.1) is 5.92 Å². The van der Waals surface area contributed by atoms with Gasteiger partial charge in [-0.2, -0.15) is 0 Å². The van der Waals surface area contributed by atoms with Crippen molar-refractivity contribution in [2.24, 2.45) is 5.92 Å². The van der Waals surface area contributed by atoms with E-state index >= 15 is 0 Å². The molecule has 1 unspecified atom stereocenters. The second-order valence-corrected chi connectivity index (χ2v) is 3.33. The van der Waals surface area contributed by atoms with Crippen molar-refractivity contribution >= 4 is 0 Å². The molecule has 0 aliphatic heterocycles. The van der Waals surface area contributed by atoms with Gasteiger partial charge in [0.15, 0.2) is 0 Å². The first-order valence-corrected chi connectivity index (χ1v) is 5.35. The zero-order chi connectivity index (χ0) is 9.98. The lowest BCUT2D eigenvalue weighted by atomic mass is 10.0. The first kappa shape index (κ1) is 14.5. The van der Waals surface area contributed by atoms with Crippen molar-refractivity contribution in [3.8, 4) is 0 Å². The molecule has 0 radical (unpaired) electrons. The molecule has 0 amide bonds. The normalized spacial score (nSPS) is 12.2. The molecule has 0 aliphatic rings. The lowest BCUT2D eigenvalue weighted by Crippen LogP contribution is -2.20. The summed E-state index contributed by atoms with van der Waals surface area (Å²) in [6.45, 7) is 9.80. The second-order valence-electron chi connectivity index (χ2n) is 3.33. The van der Waals surface area contributed by atoms with E-state index in [1.54, 1.807) is 0 Å². The summed E-state index contributed by atoms with van der Waals surface area (Å²) in [5.74, 6) is 0.917. The second kappa shape index (κ2) is 11.0. The van der Waals surface area contributed by atoms with Crippen molar-refractivity contribution in [3.05, 3.63) is 0 Å². The standard InChI is InChI=1S/C9H21N.C2H6/c1-5-7-9(6-2)8-10(3)4;1-2/h9H,5-8H2,1-4H3;1-2H3. The summed E-state index contributed by atoms with van der Waals surface area (Å²) in [5.41, 5.74) is 0. The van der Waals surface area contributed by atoms with Gasteiger partial charge in [0.05, 0.1) is 0 Å². The van der Waals surface area contributed by atoms with Gasteiger partial charge in [0.2, 0.25) is 0 Å². The molecule has 1 heteroatoms. The molecule has 0 heterocycles. The number of hydrogen-bond acceptors (Lipinski definition) is 1. The minimum Gasteiger partial charge on any atom is -0.309 e. The van der Waals surface area contributed by atoms with Crippen LogP contribution in [0.2, 0.25) is 0 Å². The topological polar surface area (TPSA) is 3.24 Å². The molecule has 12 heavy (non-hydrogen) atoms. The largest absolute Gasteiger partial charge is 0.309 e. The molecular weight excluding hydrogens is 146 g/mol. The monoisotopic (exact) mass is 173 g/mol. The summed E-state index contributed by atoms with van der Waals surface area (Å²) >= 11 is 0. The minimum atomic E-state index is 0.917. The quantitative estimate of drug-likeness (QED) is 0.616. The maximum absolute atomic E-state index is 2.28. The van der Waals surface area contributed by atoms with Gasteiger partial charge >= 0.3 is 0 Å². The summed E-state index contributed by atoms with van der Waals surface area (Å²) < 4.78 is 0. The van der Waals surface area contributed by atoms with Crippen molar-refractivity contribution in [1.82, 2.24) is 4.90 Å². The third-order valence-corrected chi connectivity index (χ3v) is 1.90. The third kappa shape index (κ3) is 9.96. The highest BCUT2D eigenvalue weighted by atomic mass is 15.1. The molecule has 0 spiro atoms. The van der Waals surface area contributed by atoms with Crippen LogP contribution >= 0.6 is 0 Å². The van der Waals surface area contributed by atoms with Crippen molar-refractivity contribution in [3.63, 3.8) is 0 Å². The molecule has 1 atom stereocenters. The summed E-state index contributed by atoms with van der Waals surface area (Å²) in [5, 5.41) is 0. The average Bonchev–Trinajstić information content (AvgIpc) is 2.07. The van der Waals surface area contributed by atoms with E-state index in [-0.39, 0.29) is 0 Å². The molecule has 76 valence electrons. The fraction of sp³-hybridized carbons (Fsp3) is 1.00. The van der Waals surface area contributed by atoms with Gasteiger partial charge in [-0.25, -0.2) is 0 Å². The smallest absolute Gasteiger partial charge is 0.000345 e. The van der Waals surface area contributed by atoms with Gasteiger partial charge in [-0.1, -0.05) is 40.5 Å². The predicted molar refractivity (Wildman–Crippen MR) is 58.6 cm³/mol. The molecular formula is C11H27N. The molecule has 1 nitrogen and oxygen atoms in total. The predicted octanol–water partition coefficient (Wildman–Crippen LogP) is 3.40. The van der Waals surface area contributed by atoms with E-state index in [0.29, 0.717) is 0 Å². The van der Waals surface area contributed by atoms with E-state index in [1.807, 2.05) is 13.8 Å². The molecule has 0 aromatic carbocycles. The van der Waals surface area contributed by atoms with Crippen LogP contribution in [0.25, 0.3) is 0 Å². The first-order chi connectivity index (χ1) is 5.70. The zero-order valence-corrected chi connectivity index (χ0v) is 9.85. The Hall–Kier alpha value is -0.0400. The van der Waals surface area contributed by atoms with Crippen LogP contribution < -0.4 is 0 Å². The summed E-state index contributed by atoms with van der Waals surface area (Å²) in [4.78, 5) is 2.28. The van der Waals surface area contributed by atoms with Crippen LogP contribution in [0.1, 0.15) is 47.0 Å². The molecule has 0 rings (SSSR count). The maximum Gasteiger partial charge on any atom is 0.000345 e. The van der Waals surface area contributed by atoms with Crippen LogP contribution in [0.15, 0.2) is 0 Å². The van der Waals surface area contributed by atoms with E-state index in [1.165, 1.54) is 25.8 Å². The van der Waals surface area contributed by atoms with Gasteiger partial charge in [0.1, 0.15) is 0 Å². The zero-order valence-electron chi connectivity index (χ0n) is 9.85. The lowest BCUT2D eigenvalue weighted by molar-refractivity contribution is 0.304. The number of rotatable bonds is 5. The van der Waals surface area contributed by atoms with Gasteiger partial charge in [0.25, 0.3) is 0 Å². The van der Waals surface area contributed by atoms with E-state index in [0.717, 1.165) is 5.92 Å². The van der Waals surface area contributed by atoms with Gasteiger partial charge in [-0.05, 0) is 26.4 Å². The van der Waals surface area contributed by atoms with Crippen LogP contribution in [0.4, 0.5) is 0 Å². The van der Waals surface area contributed by atoms with E-state index < -0.39 is 0 Å². The Morgan fingerprint density at radius 1 is 1.08 bits per heavy atom. The van der Waals surface area contributed by atoms with Crippen LogP contribution in [0.5, 0.6) is 0 Å².